The number of halogens is 1. The van der Waals surface area contributed by atoms with Crippen LogP contribution in [0.15, 0.2) is 48.5 Å². The molecule has 0 saturated carbocycles. The third-order valence-corrected chi connectivity index (χ3v) is 4.30. The van der Waals surface area contributed by atoms with E-state index in [4.69, 9.17) is 11.6 Å². The Balaban J connectivity index is 2.21. The van der Waals surface area contributed by atoms with Crippen molar-refractivity contribution in [2.24, 2.45) is 0 Å². The lowest BCUT2D eigenvalue weighted by atomic mass is 10.1. The van der Waals surface area contributed by atoms with Crippen LogP contribution in [-0.2, 0) is 4.79 Å². The maximum Gasteiger partial charge on any atom is 0.253 e. The van der Waals surface area contributed by atoms with E-state index < -0.39 is 5.38 Å². The Morgan fingerprint density at radius 2 is 1.81 bits per heavy atom. The first-order valence-corrected chi connectivity index (χ1v) is 8.97. The number of nitrogens with one attached hydrogen (secondary N) is 2. The molecule has 0 aliphatic rings. The fourth-order valence-corrected chi connectivity index (χ4v) is 2.70. The van der Waals surface area contributed by atoms with Crippen molar-refractivity contribution in [1.82, 2.24) is 5.32 Å². The van der Waals surface area contributed by atoms with Crippen LogP contribution < -0.4 is 15.5 Å². The lowest BCUT2D eigenvalue weighted by Gasteiger charge is -2.19. The summed E-state index contributed by atoms with van der Waals surface area (Å²) in [7, 11) is 3.74. The van der Waals surface area contributed by atoms with E-state index in [2.05, 4.69) is 10.6 Å². The van der Waals surface area contributed by atoms with E-state index in [9.17, 15) is 9.59 Å². The fourth-order valence-electron chi connectivity index (χ4n) is 2.50. The molecular weight excluding hydrogens is 350 g/mol. The quantitative estimate of drug-likeness (QED) is 0.725. The molecule has 26 heavy (non-hydrogen) atoms. The Labute approximate surface area is 159 Å². The molecule has 2 N–H and O–H groups in total. The number of anilines is 2. The number of amides is 2. The van der Waals surface area contributed by atoms with Gasteiger partial charge in [-0.2, -0.15) is 0 Å². The Morgan fingerprint density at radius 3 is 2.42 bits per heavy atom. The first-order chi connectivity index (χ1) is 12.4. The molecule has 2 rings (SSSR count). The number of rotatable bonds is 7. The molecule has 0 unspecified atom stereocenters. The van der Waals surface area contributed by atoms with Crippen molar-refractivity contribution < 1.29 is 9.59 Å². The molecule has 0 aliphatic carbocycles. The summed E-state index contributed by atoms with van der Waals surface area (Å²) in [5.74, 6) is -0.507. The van der Waals surface area contributed by atoms with Crippen molar-refractivity contribution >= 4 is 34.8 Å². The van der Waals surface area contributed by atoms with Gasteiger partial charge < -0.3 is 15.5 Å². The number of nitrogens with zero attached hydrogens (tertiary/aromatic N) is 1. The molecule has 0 spiro atoms. The summed E-state index contributed by atoms with van der Waals surface area (Å²) in [6.45, 7) is 2.59. The van der Waals surface area contributed by atoms with Crippen LogP contribution in [0.2, 0.25) is 0 Å². The molecule has 5 nitrogen and oxygen atoms in total. The van der Waals surface area contributed by atoms with E-state index in [1.807, 2.05) is 50.2 Å². The molecule has 2 amide bonds. The van der Waals surface area contributed by atoms with E-state index in [0.29, 0.717) is 17.8 Å². The van der Waals surface area contributed by atoms with E-state index in [-0.39, 0.29) is 11.8 Å². The largest absolute Gasteiger partial charge is 0.377 e. The Morgan fingerprint density at radius 1 is 1.12 bits per heavy atom. The zero-order chi connectivity index (χ0) is 19.1. The lowest BCUT2D eigenvalue weighted by molar-refractivity contribution is -0.116. The van der Waals surface area contributed by atoms with Crippen LogP contribution in [0.4, 0.5) is 11.4 Å². The van der Waals surface area contributed by atoms with Gasteiger partial charge >= 0.3 is 0 Å². The van der Waals surface area contributed by atoms with Gasteiger partial charge in [0.05, 0.1) is 5.56 Å². The number of carbonyl (C=O) groups is 2. The van der Waals surface area contributed by atoms with E-state index >= 15 is 0 Å². The molecule has 6 heteroatoms. The second-order valence-corrected chi connectivity index (χ2v) is 6.58. The first-order valence-electron chi connectivity index (χ1n) is 8.53. The number of benzene rings is 2. The van der Waals surface area contributed by atoms with Crippen molar-refractivity contribution in [3.05, 3.63) is 59.7 Å². The smallest absolute Gasteiger partial charge is 0.253 e. The van der Waals surface area contributed by atoms with E-state index in [1.54, 1.807) is 24.3 Å². The third kappa shape index (κ3) is 4.99. The molecule has 0 radical (unpaired) electrons. The third-order valence-electron chi connectivity index (χ3n) is 3.85. The lowest BCUT2D eigenvalue weighted by Crippen LogP contribution is -2.26. The van der Waals surface area contributed by atoms with Gasteiger partial charge in [-0.05, 0) is 30.2 Å². The van der Waals surface area contributed by atoms with Gasteiger partial charge in [-0.25, -0.2) is 0 Å². The fraction of sp³-hybridized carbons (Fsp3) is 0.300. The standard InChI is InChI=1S/C20H24ClN3O2/c1-4-12-22-19(25)16-13-15(10-11-17(16)24(2)3)23-20(26)18(21)14-8-6-5-7-9-14/h5-11,13,18H,4,12H2,1-3H3,(H,22,25)(H,23,26)/t18-/m0/s1. The van der Waals surface area contributed by atoms with Gasteiger partial charge in [-0.15, -0.1) is 11.6 Å². The number of carbonyl (C=O) groups excluding carboxylic acids is 2. The molecule has 138 valence electrons. The van der Waals surface area contributed by atoms with Crippen molar-refractivity contribution in [3.8, 4) is 0 Å². The van der Waals surface area contributed by atoms with Crippen LogP contribution in [0.1, 0.15) is 34.6 Å². The van der Waals surface area contributed by atoms with Crippen LogP contribution in [0, 0.1) is 0 Å². The zero-order valence-corrected chi connectivity index (χ0v) is 16.0. The molecule has 0 fully saturated rings. The number of alkyl halides is 1. The zero-order valence-electron chi connectivity index (χ0n) is 15.3. The molecule has 0 bridgehead atoms. The molecule has 0 heterocycles. The van der Waals surface area contributed by atoms with Crippen molar-refractivity contribution in [2.75, 3.05) is 30.9 Å². The highest BCUT2D eigenvalue weighted by atomic mass is 35.5. The summed E-state index contributed by atoms with van der Waals surface area (Å²) >= 11 is 6.26. The SMILES string of the molecule is CCCNC(=O)c1cc(NC(=O)[C@@H](Cl)c2ccccc2)ccc1N(C)C. The van der Waals surface area contributed by atoms with Gasteiger partial charge in [0, 0.05) is 32.0 Å². The average Bonchev–Trinajstić information content (AvgIpc) is 2.65. The average molecular weight is 374 g/mol. The predicted octanol–water partition coefficient (Wildman–Crippen LogP) is 3.81. The molecule has 0 aromatic heterocycles. The van der Waals surface area contributed by atoms with Crippen LogP contribution in [-0.4, -0.2) is 32.5 Å². The van der Waals surface area contributed by atoms with Gasteiger partial charge in [-0.3, -0.25) is 9.59 Å². The van der Waals surface area contributed by atoms with Gasteiger partial charge in [0.15, 0.2) is 0 Å². The minimum atomic E-state index is -0.804. The minimum absolute atomic E-state index is 0.169. The number of hydrogen-bond acceptors (Lipinski definition) is 3. The minimum Gasteiger partial charge on any atom is -0.377 e. The second kappa shape index (κ2) is 9.25. The molecule has 0 saturated heterocycles. The maximum atomic E-state index is 12.4. The van der Waals surface area contributed by atoms with E-state index in [1.165, 1.54) is 0 Å². The van der Waals surface area contributed by atoms with Crippen LogP contribution in [0.25, 0.3) is 0 Å². The van der Waals surface area contributed by atoms with Crippen molar-refractivity contribution in [1.29, 1.82) is 0 Å². The second-order valence-electron chi connectivity index (χ2n) is 6.14. The van der Waals surface area contributed by atoms with Gasteiger partial charge in [0.25, 0.3) is 5.91 Å². The van der Waals surface area contributed by atoms with Crippen LogP contribution >= 0.6 is 11.6 Å². The van der Waals surface area contributed by atoms with Gasteiger partial charge in [0.2, 0.25) is 5.91 Å². The number of hydrogen-bond donors (Lipinski definition) is 2. The molecule has 0 aliphatic heterocycles. The highest BCUT2D eigenvalue weighted by Crippen LogP contribution is 2.26. The van der Waals surface area contributed by atoms with Crippen LogP contribution in [0.3, 0.4) is 0 Å². The van der Waals surface area contributed by atoms with Crippen LogP contribution in [0.5, 0.6) is 0 Å². The predicted molar refractivity (Wildman–Crippen MR) is 107 cm³/mol. The molecular formula is C20H24ClN3O2. The molecule has 2 aromatic carbocycles. The Hall–Kier alpha value is -2.53. The van der Waals surface area contributed by atoms with Gasteiger partial charge in [-0.1, -0.05) is 37.3 Å². The summed E-state index contributed by atoms with van der Waals surface area (Å²) < 4.78 is 0. The van der Waals surface area contributed by atoms with Crippen molar-refractivity contribution in [2.45, 2.75) is 18.7 Å². The monoisotopic (exact) mass is 373 g/mol. The van der Waals surface area contributed by atoms with Crippen molar-refractivity contribution in [3.63, 3.8) is 0 Å². The summed E-state index contributed by atoms with van der Waals surface area (Å²) in [6.07, 6.45) is 0.852. The Kier molecular flexibility index (Phi) is 7.04. The molecule has 1 atom stereocenters. The highest BCUT2D eigenvalue weighted by Gasteiger charge is 2.19. The van der Waals surface area contributed by atoms with E-state index in [0.717, 1.165) is 17.7 Å². The maximum absolute atomic E-state index is 12.4. The normalized spacial score (nSPS) is 11.5. The topological polar surface area (TPSA) is 61.4 Å². The Bertz CT molecular complexity index is 763. The summed E-state index contributed by atoms with van der Waals surface area (Å²) in [5, 5.41) is 4.85. The van der Waals surface area contributed by atoms with Gasteiger partial charge in [0.1, 0.15) is 5.38 Å². The highest BCUT2D eigenvalue weighted by molar-refractivity contribution is 6.32. The summed E-state index contributed by atoms with van der Waals surface area (Å²) in [6, 6.07) is 14.4. The first kappa shape index (κ1) is 19.8. The summed E-state index contributed by atoms with van der Waals surface area (Å²) in [4.78, 5) is 26.7. The molecule has 2 aromatic rings. The summed E-state index contributed by atoms with van der Waals surface area (Å²) in [5.41, 5.74) is 2.54.